The average Bonchev–Trinajstić information content (AvgIpc) is 3.48. The zero-order valence-corrected chi connectivity index (χ0v) is 34.5. The summed E-state index contributed by atoms with van der Waals surface area (Å²) in [7, 11) is 1.68. The lowest BCUT2D eigenvalue weighted by Crippen LogP contribution is -2.55. The first-order chi connectivity index (χ1) is 26.6. The topological polar surface area (TPSA) is 124 Å². The fourth-order valence-corrected chi connectivity index (χ4v) is 7.06. The first-order valence-electron chi connectivity index (χ1n) is 18.8. The summed E-state index contributed by atoms with van der Waals surface area (Å²) in [5.41, 5.74) is 2.76. The number of fused-ring (bicyclic) bond motifs is 1. The first-order valence-corrected chi connectivity index (χ1v) is 20.9. The van der Waals surface area contributed by atoms with Gasteiger partial charge in [-0.3, -0.25) is 9.69 Å². The van der Waals surface area contributed by atoms with Gasteiger partial charge in [0.2, 0.25) is 5.91 Å². The van der Waals surface area contributed by atoms with Crippen molar-refractivity contribution in [3.05, 3.63) is 89.0 Å². The summed E-state index contributed by atoms with van der Waals surface area (Å²) in [5, 5.41) is 4.09. The molecule has 2 atom stereocenters. The summed E-state index contributed by atoms with van der Waals surface area (Å²) in [4.78, 5) is 47.4. The molecule has 0 radical (unpaired) electrons. The molecule has 302 valence electrons. The third-order valence-electron chi connectivity index (χ3n) is 9.70. The Balaban J connectivity index is 1.26. The first kappa shape index (κ1) is 42.5. The molecule has 1 saturated heterocycles. The number of nitrogens with zero attached hydrogens (tertiary/aromatic N) is 4. The zero-order chi connectivity index (χ0) is 40.6. The molecule has 14 heteroatoms. The van der Waals surface area contributed by atoms with Gasteiger partial charge in [0.25, 0.3) is 0 Å². The summed E-state index contributed by atoms with van der Waals surface area (Å²) < 4.78 is 40.2. The molecule has 56 heavy (non-hydrogen) atoms. The number of rotatable bonds is 15. The number of piperazine rings is 1. The number of hydrogen-bond acceptors (Lipinski definition) is 9. The minimum atomic E-state index is -1.00. The quantitative estimate of drug-likeness (QED) is 0.0820. The molecular formula is C42H55FN5O7S+. The van der Waals surface area contributed by atoms with Crippen molar-refractivity contribution in [1.82, 2.24) is 24.7 Å². The van der Waals surface area contributed by atoms with Crippen molar-refractivity contribution in [2.24, 2.45) is 0 Å². The minimum absolute atomic E-state index is 0.0179. The van der Waals surface area contributed by atoms with Crippen LogP contribution in [0.5, 0.6) is 11.5 Å². The third kappa shape index (κ3) is 11.5. The van der Waals surface area contributed by atoms with Crippen molar-refractivity contribution in [3.8, 4) is 11.5 Å². The van der Waals surface area contributed by atoms with Crippen molar-refractivity contribution in [2.45, 2.75) is 77.6 Å². The molecule has 1 fully saturated rings. The van der Waals surface area contributed by atoms with Gasteiger partial charge in [0.05, 0.1) is 37.2 Å². The van der Waals surface area contributed by atoms with E-state index in [1.54, 1.807) is 50.1 Å². The highest BCUT2D eigenvalue weighted by Crippen LogP contribution is 2.34. The second kappa shape index (κ2) is 19.0. The van der Waals surface area contributed by atoms with Crippen LogP contribution in [0.4, 0.5) is 9.18 Å². The van der Waals surface area contributed by atoms with E-state index in [1.807, 2.05) is 35.9 Å². The van der Waals surface area contributed by atoms with Crippen LogP contribution in [0.1, 0.15) is 61.2 Å². The van der Waals surface area contributed by atoms with Gasteiger partial charge in [-0.05, 0) is 92.5 Å². The SMILES string of the molecule is COC(=O)c1cccc(CN2CCN(C(=O)[C@H](Cc3ccc(Oc4ccnc5c4c(C)cn5COCC[C@H](C)[S+](C)C)c(F)c3)NC(=O)OC(C)(C)C)CC2)c1. The van der Waals surface area contributed by atoms with Crippen LogP contribution in [0.2, 0.25) is 0 Å². The van der Waals surface area contributed by atoms with Gasteiger partial charge >= 0.3 is 12.1 Å². The van der Waals surface area contributed by atoms with E-state index in [-0.39, 0.29) is 18.1 Å². The van der Waals surface area contributed by atoms with E-state index < -0.39 is 29.5 Å². The Morgan fingerprint density at radius 3 is 2.43 bits per heavy atom. The lowest BCUT2D eigenvalue weighted by atomic mass is 10.0. The number of amides is 2. The monoisotopic (exact) mass is 792 g/mol. The van der Waals surface area contributed by atoms with E-state index in [1.165, 1.54) is 19.2 Å². The number of ether oxygens (including phenoxy) is 4. The van der Waals surface area contributed by atoms with Crippen LogP contribution >= 0.6 is 0 Å². The molecular weight excluding hydrogens is 738 g/mol. The predicted octanol–water partition coefficient (Wildman–Crippen LogP) is 6.47. The zero-order valence-electron chi connectivity index (χ0n) is 33.7. The number of nitrogens with one attached hydrogen (secondary N) is 1. The maximum atomic E-state index is 15.8. The molecule has 0 unspecified atom stereocenters. The molecule has 0 bridgehead atoms. The fraction of sp³-hybridized carbons (Fsp3) is 0.476. The van der Waals surface area contributed by atoms with Gasteiger partial charge < -0.3 is 33.7 Å². The van der Waals surface area contributed by atoms with Crippen molar-refractivity contribution in [2.75, 3.05) is 52.4 Å². The largest absolute Gasteiger partial charge is 0.465 e. The smallest absolute Gasteiger partial charge is 0.408 e. The normalized spacial score (nSPS) is 14.8. The molecule has 2 aromatic heterocycles. The highest BCUT2D eigenvalue weighted by Gasteiger charge is 2.31. The second-order valence-corrected chi connectivity index (χ2v) is 17.9. The summed E-state index contributed by atoms with van der Waals surface area (Å²) in [6, 6.07) is 12.5. The Hall–Kier alpha value is -4.66. The fourth-order valence-electron chi connectivity index (χ4n) is 6.49. The van der Waals surface area contributed by atoms with Gasteiger partial charge in [-0.2, -0.15) is 0 Å². The number of esters is 1. The molecule has 0 aliphatic carbocycles. The van der Waals surface area contributed by atoms with E-state index in [2.05, 4.69) is 34.6 Å². The van der Waals surface area contributed by atoms with Crippen LogP contribution in [0.15, 0.2) is 60.9 Å². The molecule has 0 spiro atoms. The van der Waals surface area contributed by atoms with Crippen molar-refractivity contribution >= 4 is 39.9 Å². The lowest BCUT2D eigenvalue weighted by Gasteiger charge is -2.36. The number of aromatic nitrogens is 2. The molecule has 3 heterocycles. The third-order valence-corrected chi connectivity index (χ3v) is 11.5. The standard InChI is InChI=1S/C42H54FN5O7S/c1-28-25-48(27-53-21-15-29(2)56(7)8)38-37(28)36(14-16-44-38)54-35-13-12-30(23-33(35)43)24-34(45-41(51)55-42(3,4)5)39(49)47-19-17-46(18-20-47)26-31-10-9-11-32(22-31)40(50)52-6/h9-14,16,22-23,25,29,34H,15,17-21,24,26-27H2,1-8H3/p+1/t29-,34-/m0/s1. The van der Waals surface area contributed by atoms with Crippen molar-refractivity contribution < 1.29 is 37.7 Å². The predicted molar refractivity (Wildman–Crippen MR) is 217 cm³/mol. The number of benzene rings is 2. The van der Waals surface area contributed by atoms with Gasteiger partial charge in [-0.15, -0.1) is 0 Å². The number of aryl methyl sites for hydroxylation is 1. The molecule has 2 amide bonds. The highest BCUT2D eigenvalue weighted by molar-refractivity contribution is 7.96. The van der Waals surface area contributed by atoms with Crippen LogP contribution in [0, 0.1) is 12.7 Å². The number of halogens is 1. The number of pyridine rings is 1. The summed E-state index contributed by atoms with van der Waals surface area (Å²) in [5.74, 6) is -0.817. The van der Waals surface area contributed by atoms with Crippen LogP contribution < -0.4 is 10.1 Å². The van der Waals surface area contributed by atoms with Crippen LogP contribution in [-0.2, 0) is 49.6 Å². The maximum Gasteiger partial charge on any atom is 0.408 e. The molecule has 5 rings (SSSR count). The Morgan fingerprint density at radius 2 is 1.75 bits per heavy atom. The number of methoxy groups -OCH3 is 1. The van der Waals surface area contributed by atoms with Crippen LogP contribution in [-0.4, -0.2) is 107 Å². The Labute approximate surface area is 332 Å². The molecule has 0 saturated carbocycles. The summed E-state index contributed by atoms with van der Waals surface area (Å²) in [6.45, 7) is 13.0. The number of carbonyl (C=O) groups excluding carboxylic acids is 3. The number of alkyl carbamates (subject to hydrolysis) is 1. The minimum Gasteiger partial charge on any atom is -0.465 e. The lowest BCUT2D eigenvalue weighted by molar-refractivity contribution is -0.135. The molecule has 12 nitrogen and oxygen atoms in total. The van der Waals surface area contributed by atoms with Gasteiger partial charge in [0, 0.05) is 58.0 Å². The highest BCUT2D eigenvalue weighted by atomic mass is 32.2. The summed E-state index contributed by atoms with van der Waals surface area (Å²) >= 11 is 0. The van der Waals surface area contributed by atoms with E-state index in [0.29, 0.717) is 84.7 Å². The van der Waals surface area contributed by atoms with Gasteiger partial charge in [0.1, 0.15) is 35.0 Å². The van der Waals surface area contributed by atoms with E-state index >= 15 is 4.39 Å². The molecule has 4 aromatic rings. The van der Waals surface area contributed by atoms with Crippen LogP contribution in [0.25, 0.3) is 11.0 Å². The molecule has 1 aliphatic rings. The summed E-state index contributed by atoms with van der Waals surface area (Å²) in [6.07, 6.45) is 8.34. The van der Waals surface area contributed by atoms with E-state index in [0.717, 1.165) is 22.9 Å². The van der Waals surface area contributed by atoms with E-state index in [4.69, 9.17) is 18.9 Å². The van der Waals surface area contributed by atoms with Gasteiger partial charge in [-0.25, -0.2) is 19.0 Å². The number of hydrogen-bond donors (Lipinski definition) is 1. The second-order valence-electron chi connectivity index (χ2n) is 15.4. The Morgan fingerprint density at radius 1 is 1.00 bits per heavy atom. The number of carbonyl (C=O) groups is 3. The van der Waals surface area contributed by atoms with Crippen molar-refractivity contribution in [3.63, 3.8) is 0 Å². The Kier molecular flexibility index (Phi) is 14.4. The van der Waals surface area contributed by atoms with E-state index in [9.17, 15) is 14.4 Å². The average molecular weight is 793 g/mol. The molecule has 1 N–H and O–H groups in total. The maximum absolute atomic E-state index is 15.8. The van der Waals surface area contributed by atoms with Crippen molar-refractivity contribution in [1.29, 1.82) is 0 Å². The molecule has 1 aliphatic heterocycles. The van der Waals surface area contributed by atoms with Gasteiger partial charge in [0.15, 0.2) is 11.6 Å². The van der Waals surface area contributed by atoms with Crippen LogP contribution in [0.3, 0.4) is 0 Å². The molecule has 2 aromatic carbocycles. The van der Waals surface area contributed by atoms with Gasteiger partial charge in [-0.1, -0.05) is 18.2 Å². The Bertz CT molecular complexity index is 1990.